The van der Waals surface area contributed by atoms with E-state index in [1.807, 2.05) is 6.92 Å². The molecule has 4 rings (SSSR count). The highest BCUT2D eigenvalue weighted by molar-refractivity contribution is 7.89. The Bertz CT molecular complexity index is 1940. The van der Waals surface area contributed by atoms with Gasteiger partial charge in [0.05, 0.1) is 19.8 Å². The lowest BCUT2D eigenvalue weighted by molar-refractivity contribution is 0.0597. The van der Waals surface area contributed by atoms with Crippen molar-refractivity contribution in [3.05, 3.63) is 107 Å². The summed E-state index contributed by atoms with van der Waals surface area (Å²) in [5.74, 6) is -1.54. The molecule has 4 aromatic carbocycles. The third kappa shape index (κ3) is 7.35. The largest absolute Gasteiger partial charge is 0.507 e. The Morgan fingerprint density at radius 3 is 2.09 bits per heavy atom. The van der Waals surface area contributed by atoms with Gasteiger partial charge in [-0.05, 0) is 84.0 Å². The number of phenols is 2. The Kier molecular flexibility index (Phi) is 10.5. The summed E-state index contributed by atoms with van der Waals surface area (Å²) in [7, 11) is -5.67. The third-order valence-electron chi connectivity index (χ3n) is 7.73. The molecule has 47 heavy (non-hydrogen) atoms. The van der Waals surface area contributed by atoms with Crippen LogP contribution in [0, 0.1) is 0 Å². The van der Waals surface area contributed by atoms with E-state index in [1.165, 1.54) is 38.5 Å². The number of aromatic hydroxyl groups is 2. The summed E-state index contributed by atoms with van der Waals surface area (Å²) in [5.41, 5.74) is -1.90. The van der Waals surface area contributed by atoms with E-state index in [0.717, 1.165) is 29.8 Å². The number of hydrogen-bond donors (Lipinski definition) is 2. The topological polar surface area (TPSA) is 130 Å². The van der Waals surface area contributed by atoms with Crippen LogP contribution in [0.3, 0.4) is 0 Å². The van der Waals surface area contributed by atoms with Crippen LogP contribution in [-0.4, -0.2) is 56.5 Å². The van der Waals surface area contributed by atoms with Crippen LogP contribution in [-0.2, 0) is 44.5 Å². The number of carbonyl (C=O) groups is 1. The number of para-hydroxylation sites is 1. The van der Waals surface area contributed by atoms with Crippen LogP contribution in [0.2, 0.25) is 0 Å². The second kappa shape index (κ2) is 13.9. The molecule has 0 heterocycles. The molecule has 0 aliphatic heterocycles. The number of phenolic OH excluding ortho intramolecular Hbond substituents is 2. The molecule has 0 fully saturated rings. The van der Waals surface area contributed by atoms with Gasteiger partial charge in [-0.2, -0.15) is 13.1 Å². The zero-order valence-corrected chi connectivity index (χ0v) is 28.2. The molecule has 0 aromatic heterocycles. The molecule has 13 heteroatoms. The first-order valence-electron chi connectivity index (χ1n) is 14.5. The standard InChI is InChI=1S/C34H36F2NO8PS/c1-6-24-18-26(19-27(32(24)39)33(40)45-3)25-14-11-22(12-15-25)20-37(47(42,43)31-10-8-7-9-30(31)44-2)21-23-13-16-28(29(38)17-23)34(35,36)46(4,5)41/h7-19,38-39H,6,20-21H2,1-5H3. The highest BCUT2D eigenvalue weighted by Gasteiger charge is 2.46. The molecular formula is C34H36F2NO8PS. The second-order valence-corrected chi connectivity index (χ2v) is 16.4. The summed E-state index contributed by atoms with van der Waals surface area (Å²) in [6.07, 6.45) is 0.460. The summed E-state index contributed by atoms with van der Waals surface area (Å²) in [5, 5.41) is 21.0. The molecular weight excluding hydrogens is 651 g/mol. The molecule has 0 aliphatic rings. The van der Waals surface area contributed by atoms with Gasteiger partial charge in [-0.1, -0.05) is 49.4 Å². The number of benzene rings is 4. The molecule has 0 spiro atoms. The quantitative estimate of drug-likeness (QED) is 0.118. The number of carbonyl (C=O) groups excluding carboxylic acids is 1. The van der Waals surface area contributed by atoms with E-state index in [4.69, 9.17) is 9.47 Å². The number of esters is 1. The zero-order chi connectivity index (χ0) is 34.7. The maximum Gasteiger partial charge on any atom is 0.341 e. The second-order valence-electron chi connectivity index (χ2n) is 11.2. The van der Waals surface area contributed by atoms with E-state index in [-0.39, 0.29) is 40.6 Å². The minimum Gasteiger partial charge on any atom is -0.507 e. The number of methoxy groups -OCH3 is 2. The van der Waals surface area contributed by atoms with Gasteiger partial charge in [-0.3, -0.25) is 0 Å². The first-order valence-corrected chi connectivity index (χ1v) is 18.5. The van der Waals surface area contributed by atoms with Gasteiger partial charge < -0.3 is 24.3 Å². The van der Waals surface area contributed by atoms with Crippen molar-refractivity contribution in [1.82, 2.24) is 4.31 Å². The first kappa shape index (κ1) is 35.6. The minimum atomic E-state index is -4.25. The van der Waals surface area contributed by atoms with Crippen molar-refractivity contribution in [3.63, 3.8) is 0 Å². The number of hydrogen-bond acceptors (Lipinski definition) is 8. The van der Waals surface area contributed by atoms with Crippen LogP contribution < -0.4 is 4.74 Å². The average molecular weight is 688 g/mol. The minimum absolute atomic E-state index is 0.0210. The van der Waals surface area contributed by atoms with Gasteiger partial charge in [-0.25, -0.2) is 13.2 Å². The lowest BCUT2D eigenvalue weighted by Crippen LogP contribution is -2.30. The summed E-state index contributed by atoms with van der Waals surface area (Å²) in [6.45, 7) is 3.23. The van der Waals surface area contributed by atoms with Crippen molar-refractivity contribution in [2.24, 2.45) is 0 Å². The Balaban J connectivity index is 1.74. The maximum absolute atomic E-state index is 14.8. The van der Waals surface area contributed by atoms with Gasteiger partial charge in [0.15, 0.2) is 7.14 Å². The Labute approximate surface area is 272 Å². The first-order chi connectivity index (χ1) is 22.0. The van der Waals surface area contributed by atoms with Crippen molar-refractivity contribution >= 4 is 23.1 Å². The van der Waals surface area contributed by atoms with Crippen molar-refractivity contribution in [3.8, 4) is 28.4 Å². The fourth-order valence-corrected chi connectivity index (χ4v) is 7.36. The lowest BCUT2D eigenvalue weighted by atomic mass is 9.96. The SMILES string of the molecule is CCc1cc(-c2ccc(CN(Cc3ccc(C(F)(F)P(C)(C)=O)c(O)c3)S(=O)(=O)c3ccccc3OC)cc2)cc(C(=O)OC)c1O. The van der Waals surface area contributed by atoms with Gasteiger partial charge in [-0.15, -0.1) is 0 Å². The molecule has 2 N–H and O–H groups in total. The molecule has 0 atom stereocenters. The lowest BCUT2D eigenvalue weighted by Gasteiger charge is -2.25. The Morgan fingerprint density at radius 2 is 1.51 bits per heavy atom. The number of nitrogens with zero attached hydrogens (tertiary/aromatic N) is 1. The number of rotatable bonds is 12. The smallest absolute Gasteiger partial charge is 0.341 e. The highest BCUT2D eigenvalue weighted by atomic mass is 32.2. The van der Waals surface area contributed by atoms with Crippen LogP contribution >= 0.6 is 7.14 Å². The van der Waals surface area contributed by atoms with E-state index in [9.17, 15) is 36.8 Å². The molecule has 4 aromatic rings. The fraction of sp³-hybridized carbons (Fsp3) is 0.265. The van der Waals surface area contributed by atoms with E-state index >= 15 is 0 Å². The summed E-state index contributed by atoms with van der Waals surface area (Å²) in [4.78, 5) is 12.2. The number of halogens is 2. The molecule has 0 radical (unpaired) electrons. The maximum atomic E-state index is 14.8. The third-order valence-corrected chi connectivity index (χ3v) is 11.2. The van der Waals surface area contributed by atoms with E-state index < -0.39 is 40.1 Å². The molecule has 0 amide bonds. The van der Waals surface area contributed by atoms with Gasteiger partial charge in [0.25, 0.3) is 0 Å². The van der Waals surface area contributed by atoms with Crippen molar-refractivity contribution in [1.29, 1.82) is 0 Å². The number of alkyl halides is 2. The van der Waals surface area contributed by atoms with Gasteiger partial charge >= 0.3 is 11.6 Å². The molecule has 0 saturated carbocycles. The number of ether oxygens (including phenoxy) is 2. The summed E-state index contributed by atoms with van der Waals surface area (Å²) < 4.78 is 81.2. The van der Waals surface area contributed by atoms with E-state index in [1.54, 1.807) is 42.5 Å². The van der Waals surface area contributed by atoms with Crippen molar-refractivity contribution < 1.29 is 46.2 Å². The Morgan fingerprint density at radius 1 is 0.894 bits per heavy atom. The molecule has 250 valence electrons. The predicted molar refractivity (Wildman–Crippen MR) is 175 cm³/mol. The van der Waals surface area contributed by atoms with Crippen LogP contribution in [0.25, 0.3) is 11.1 Å². The van der Waals surface area contributed by atoms with E-state index in [2.05, 4.69) is 0 Å². The summed E-state index contributed by atoms with van der Waals surface area (Å²) >= 11 is 0. The van der Waals surface area contributed by atoms with Crippen molar-refractivity contribution in [2.75, 3.05) is 27.5 Å². The van der Waals surface area contributed by atoms with Gasteiger partial charge in [0, 0.05) is 13.1 Å². The van der Waals surface area contributed by atoms with Gasteiger partial charge in [0.2, 0.25) is 10.0 Å². The zero-order valence-electron chi connectivity index (χ0n) is 26.5. The normalized spacial score (nSPS) is 12.3. The molecule has 0 aliphatic carbocycles. The summed E-state index contributed by atoms with van der Waals surface area (Å²) in [6, 6.07) is 19.5. The van der Waals surface area contributed by atoms with E-state index in [0.29, 0.717) is 28.7 Å². The molecule has 0 unspecified atom stereocenters. The monoisotopic (exact) mass is 687 g/mol. The molecule has 9 nitrogen and oxygen atoms in total. The van der Waals surface area contributed by atoms with Gasteiger partial charge in [0.1, 0.15) is 27.7 Å². The van der Waals surface area contributed by atoms with Crippen LogP contribution in [0.5, 0.6) is 17.2 Å². The molecule has 0 bridgehead atoms. The number of sulfonamides is 1. The molecule has 0 saturated heterocycles. The fourth-order valence-electron chi connectivity index (χ4n) is 5.02. The number of aryl methyl sites for hydroxylation is 1. The van der Waals surface area contributed by atoms with Crippen molar-refractivity contribution in [2.45, 2.75) is 37.0 Å². The predicted octanol–water partition coefficient (Wildman–Crippen LogP) is 7.19. The van der Waals surface area contributed by atoms with Crippen LogP contribution in [0.4, 0.5) is 8.78 Å². The average Bonchev–Trinajstić information content (AvgIpc) is 3.03. The van der Waals surface area contributed by atoms with Crippen LogP contribution in [0.15, 0.2) is 83.8 Å². The highest BCUT2D eigenvalue weighted by Crippen LogP contribution is 2.61. The van der Waals surface area contributed by atoms with Crippen LogP contribution in [0.1, 0.15) is 39.5 Å². The Hall–Kier alpha value is -4.25.